The molecule has 0 spiro atoms. The molecule has 3 rings (SSSR count). The van der Waals surface area contributed by atoms with Crippen LogP contribution in [-0.4, -0.2) is 49.2 Å². The minimum Gasteiger partial charge on any atom is -0.374 e. The normalized spacial score (nSPS) is 21.9. The smallest absolute Gasteiger partial charge is 0.191 e. The molecule has 0 amide bonds. The summed E-state index contributed by atoms with van der Waals surface area (Å²) in [5, 5.41) is 7.09. The van der Waals surface area contributed by atoms with Gasteiger partial charge in [0.2, 0.25) is 0 Å². The molecule has 1 saturated carbocycles. The second-order valence-corrected chi connectivity index (χ2v) is 8.17. The van der Waals surface area contributed by atoms with Gasteiger partial charge in [-0.05, 0) is 44.2 Å². The summed E-state index contributed by atoms with van der Waals surface area (Å²) >= 11 is 0. The van der Waals surface area contributed by atoms with E-state index in [1.54, 1.807) is 0 Å². The number of hydrogen-bond donors (Lipinski definition) is 2. The fourth-order valence-electron chi connectivity index (χ4n) is 4.17. The van der Waals surface area contributed by atoms with Crippen LogP contribution < -0.4 is 10.6 Å². The third-order valence-electron chi connectivity index (χ3n) is 5.66. The Morgan fingerprint density at radius 2 is 2.00 bits per heavy atom. The standard InChI is InChI=1S/C22H36N4O/c1-17(2)27-16-19-8-6-7-18(13-19)14-24-22(23-3)25-20-11-12-26(15-20)21-9-4-5-10-21/h6-8,13,17,20-21H,4-5,9-12,14-16H2,1-3H3,(H2,23,24,25). The predicted molar refractivity (Wildman–Crippen MR) is 112 cm³/mol. The summed E-state index contributed by atoms with van der Waals surface area (Å²) in [6.07, 6.45) is 7.05. The zero-order valence-electron chi connectivity index (χ0n) is 17.2. The number of likely N-dealkylation sites (tertiary alicyclic amines) is 1. The average Bonchev–Trinajstić information content (AvgIpc) is 3.35. The van der Waals surface area contributed by atoms with Crippen molar-refractivity contribution in [2.24, 2.45) is 4.99 Å². The van der Waals surface area contributed by atoms with Gasteiger partial charge < -0.3 is 15.4 Å². The first kappa shape index (κ1) is 20.2. The van der Waals surface area contributed by atoms with Crippen LogP contribution in [0.3, 0.4) is 0 Å². The second-order valence-electron chi connectivity index (χ2n) is 8.17. The van der Waals surface area contributed by atoms with Crippen LogP contribution in [0.5, 0.6) is 0 Å². The molecular weight excluding hydrogens is 336 g/mol. The van der Waals surface area contributed by atoms with Crippen molar-refractivity contribution in [3.8, 4) is 0 Å². The fraction of sp³-hybridized carbons (Fsp3) is 0.682. The predicted octanol–water partition coefficient (Wildman–Crippen LogP) is 3.29. The first-order valence-electron chi connectivity index (χ1n) is 10.5. The van der Waals surface area contributed by atoms with Crippen LogP contribution in [0.15, 0.2) is 29.3 Å². The summed E-state index contributed by atoms with van der Waals surface area (Å²) in [7, 11) is 1.85. The first-order valence-corrected chi connectivity index (χ1v) is 10.5. The van der Waals surface area contributed by atoms with E-state index >= 15 is 0 Å². The van der Waals surface area contributed by atoms with Crippen molar-refractivity contribution >= 4 is 5.96 Å². The largest absolute Gasteiger partial charge is 0.374 e. The van der Waals surface area contributed by atoms with E-state index < -0.39 is 0 Å². The molecule has 0 radical (unpaired) electrons. The van der Waals surface area contributed by atoms with Gasteiger partial charge in [-0.1, -0.05) is 37.1 Å². The maximum atomic E-state index is 5.71. The van der Waals surface area contributed by atoms with Gasteiger partial charge in [0.1, 0.15) is 0 Å². The zero-order valence-corrected chi connectivity index (χ0v) is 17.2. The molecule has 1 unspecified atom stereocenters. The molecule has 1 aliphatic carbocycles. The van der Waals surface area contributed by atoms with Crippen molar-refractivity contribution in [2.45, 2.75) is 77.3 Å². The maximum Gasteiger partial charge on any atom is 0.191 e. The highest BCUT2D eigenvalue weighted by molar-refractivity contribution is 5.80. The molecule has 2 fully saturated rings. The van der Waals surface area contributed by atoms with Crippen LogP contribution in [0, 0.1) is 0 Å². The Morgan fingerprint density at radius 3 is 2.74 bits per heavy atom. The molecule has 27 heavy (non-hydrogen) atoms. The Kier molecular flexibility index (Phi) is 7.53. The molecule has 1 aliphatic heterocycles. The minimum absolute atomic E-state index is 0.255. The van der Waals surface area contributed by atoms with Crippen molar-refractivity contribution in [1.82, 2.24) is 15.5 Å². The SMILES string of the molecule is CN=C(NCc1cccc(COC(C)C)c1)NC1CCN(C2CCCC2)C1. The summed E-state index contributed by atoms with van der Waals surface area (Å²) < 4.78 is 5.71. The van der Waals surface area contributed by atoms with Crippen molar-refractivity contribution < 1.29 is 4.74 Å². The number of hydrogen-bond acceptors (Lipinski definition) is 3. The summed E-state index contributed by atoms with van der Waals surface area (Å²) in [5.74, 6) is 0.900. The Morgan fingerprint density at radius 1 is 1.22 bits per heavy atom. The van der Waals surface area contributed by atoms with E-state index in [2.05, 4.69) is 58.6 Å². The molecule has 5 heteroatoms. The number of nitrogens with one attached hydrogen (secondary N) is 2. The van der Waals surface area contributed by atoms with Crippen LogP contribution in [0.1, 0.15) is 57.1 Å². The second kappa shape index (κ2) is 10.1. The number of aliphatic imine (C=N–C) groups is 1. The topological polar surface area (TPSA) is 48.9 Å². The van der Waals surface area contributed by atoms with Crippen LogP contribution in [0.2, 0.25) is 0 Å². The lowest BCUT2D eigenvalue weighted by Crippen LogP contribution is -2.45. The quantitative estimate of drug-likeness (QED) is 0.570. The van der Waals surface area contributed by atoms with E-state index in [4.69, 9.17) is 4.74 Å². The van der Waals surface area contributed by atoms with Gasteiger partial charge >= 0.3 is 0 Å². The van der Waals surface area contributed by atoms with Crippen LogP contribution in [-0.2, 0) is 17.9 Å². The lowest BCUT2D eigenvalue weighted by molar-refractivity contribution is 0.0657. The maximum absolute atomic E-state index is 5.71. The van der Waals surface area contributed by atoms with Crippen molar-refractivity contribution in [3.05, 3.63) is 35.4 Å². The van der Waals surface area contributed by atoms with E-state index in [9.17, 15) is 0 Å². The summed E-state index contributed by atoms with van der Waals surface area (Å²) in [5.41, 5.74) is 2.47. The molecule has 2 aliphatic rings. The third kappa shape index (κ3) is 6.22. The van der Waals surface area contributed by atoms with Crippen LogP contribution >= 0.6 is 0 Å². The summed E-state index contributed by atoms with van der Waals surface area (Å²) in [6.45, 7) is 7.94. The van der Waals surface area contributed by atoms with E-state index in [1.165, 1.54) is 49.8 Å². The van der Waals surface area contributed by atoms with Gasteiger partial charge in [-0.3, -0.25) is 9.89 Å². The Balaban J connectivity index is 1.45. The zero-order chi connectivity index (χ0) is 19.1. The van der Waals surface area contributed by atoms with Gasteiger partial charge in [0.05, 0.1) is 12.7 Å². The molecule has 1 atom stereocenters. The van der Waals surface area contributed by atoms with Gasteiger partial charge in [-0.2, -0.15) is 0 Å². The average molecular weight is 373 g/mol. The molecular formula is C22H36N4O. The molecule has 0 aromatic heterocycles. The monoisotopic (exact) mass is 372 g/mol. The third-order valence-corrected chi connectivity index (χ3v) is 5.66. The highest BCUT2D eigenvalue weighted by Gasteiger charge is 2.30. The van der Waals surface area contributed by atoms with E-state index in [1.807, 2.05) is 7.05 Å². The lowest BCUT2D eigenvalue weighted by Gasteiger charge is -2.24. The Hall–Kier alpha value is -1.59. The molecule has 2 N–H and O–H groups in total. The molecule has 1 aromatic rings. The number of nitrogens with zero attached hydrogens (tertiary/aromatic N) is 2. The number of ether oxygens (including phenoxy) is 1. The number of guanidine groups is 1. The van der Waals surface area contributed by atoms with Crippen molar-refractivity contribution in [3.63, 3.8) is 0 Å². The highest BCUT2D eigenvalue weighted by atomic mass is 16.5. The highest BCUT2D eigenvalue weighted by Crippen LogP contribution is 2.26. The summed E-state index contributed by atoms with van der Waals surface area (Å²) in [6, 6.07) is 9.90. The van der Waals surface area contributed by atoms with E-state index in [0.29, 0.717) is 12.6 Å². The first-order chi connectivity index (χ1) is 13.1. The van der Waals surface area contributed by atoms with Gasteiger partial charge in [0, 0.05) is 38.8 Å². The minimum atomic E-state index is 0.255. The summed E-state index contributed by atoms with van der Waals surface area (Å²) in [4.78, 5) is 7.10. The molecule has 1 aromatic carbocycles. The van der Waals surface area contributed by atoms with E-state index in [0.717, 1.165) is 25.1 Å². The van der Waals surface area contributed by atoms with Gasteiger partial charge in [-0.15, -0.1) is 0 Å². The number of benzene rings is 1. The van der Waals surface area contributed by atoms with E-state index in [-0.39, 0.29) is 6.10 Å². The molecule has 150 valence electrons. The van der Waals surface area contributed by atoms with Gasteiger partial charge in [0.25, 0.3) is 0 Å². The molecule has 0 bridgehead atoms. The van der Waals surface area contributed by atoms with Crippen LogP contribution in [0.4, 0.5) is 0 Å². The number of rotatable bonds is 7. The van der Waals surface area contributed by atoms with Gasteiger partial charge in [0.15, 0.2) is 5.96 Å². The van der Waals surface area contributed by atoms with Gasteiger partial charge in [-0.25, -0.2) is 0 Å². The Bertz CT molecular complexity index is 610. The molecule has 5 nitrogen and oxygen atoms in total. The molecule has 1 heterocycles. The van der Waals surface area contributed by atoms with Crippen molar-refractivity contribution in [2.75, 3.05) is 20.1 Å². The van der Waals surface area contributed by atoms with Crippen LogP contribution in [0.25, 0.3) is 0 Å². The Labute approximate surface area is 164 Å². The molecule has 1 saturated heterocycles. The fourth-order valence-corrected chi connectivity index (χ4v) is 4.17. The lowest BCUT2D eigenvalue weighted by atomic mass is 10.1. The van der Waals surface area contributed by atoms with Crippen molar-refractivity contribution in [1.29, 1.82) is 0 Å².